The lowest BCUT2D eigenvalue weighted by atomic mass is 10.1. The molecule has 112 valence electrons. The Bertz CT molecular complexity index is 379. The van der Waals surface area contributed by atoms with E-state index in [0.29, 0.717) is 13.1 Å². The van der Waals surface area contributed by atoms with Crippen LogP contribution in [0.2, 0.25) is 0 Å². The number of piperidine rings is 1. The van der Waals surface area contributed by atoms with Crippen LogP contribution in [0.4, 0.5) is 4.79 Å². The Morgan fingerprint density at radius 3 is 2.68 bits per heavy atom. The molecule has 1 rings (SSSR count). The molecule has 0 saturated carbocycles. The van der Waals surface area contributed by atoms with Gasteiger partial charge in [-0.1, -0.05) is 13.3 Å². The van der Waals surface area contributed by atoms with Gasteiger partial charge < -0.3 is 10.1 Å². The van der Waals surface area contributed by atoms with E-state index in [0.717, 1.165) is 25.8 Å². The lowest BCUT2D eigenvalue weighted by Gasteiger charge is -2.29. The van der Waals surface area contributed by atoms with E-state index >= 15 is 0 Å². The van der Waals surface area contributed by atoms with E-state index in [2.05, 4.69) is 10.1 Å². The minimum absolute atomic E-state index is 0.137. The van der Waals surface area contributed by atoms with Crippen molar-refractivity contribution in [1.82, 2.24) is 14.3 Å². The van der Waals surface area contributed by atoms with Crippen molar-refractivity contribution >= 4 is 16.3 Å². The summed E-state index contributed by atoms with van der Waals surface area (Å²) in [6.07, 6.45) is 2.24. The van der Waals surface area contributed by atoms with Gasteiger partial charge in [-0.3, -0.25) is 0 Å². The molecule has 0 aliphatic carbocycles. The lowest BCUT2D eigenvalue weighted by Crippen LogP contribution is -2.50. The van der Waals surface area contributed by atoms with Gasteiger partial charge in [0.15, 0.2) is 0 Å². The molecule has 8 heteroatoms. The molecule has 0 spiro atoms. The van der Waals surface area contributed by atoms with Crippen LogP contribution in [0.1, 0.15) is 33.1 Å². The van der Waals surface area contributed by atoms with Crippen molar-refractivity contribution in [3.05, 3.63) is 0 Å². The molecule has 0 aromatic heterocycles. The molecular formula is C11H23N3O4S. The number of carbonyl (C=O) groups excluding carboxylic acids is 1. The van der Waals surface area contributed by atoms with Crippen LogP contribution in [0.15, 0.2) is 0 Å². The van der Waals surface area contributed by atoms with Crippen LogP contribution in [-0.2, 0) is 14.9 Å². The smallest absolute Gasteiger partial charge is 0.421 e. The van der Waals surface area contributed by atoms with Crippen LogP contribution in [0.3, 0.4) is 0 Å². The predicted octanol–water partition coefficient (Wildman–Crippen LogP) is 0.441. The normalized spacial score (nSPS) is 20.3. The highest BCUT2D eigenvalue weighted by Crippen LogP contribution is 2.10. The van der Waals surface area contributed by atoms with Crippen molar-refractivity contribution < 1.29 is 17.9 Å². The summed E-state index contributed by atoms with van der Waals surface area (Å²) in [5.74, 6) is 0. The average Bonchev–Trinajstić information content (AvgIpc) is 2.36. The number of hydrogen-bond acceptors (Lipinski definition) is 5. The Kier molecular flexibility index (Phi) is 6.53. The molecule has 1 aliphatic heterocycles. The quantitative estimate of drug-likeness (QED) is 0.742. The van der Waals surface area contributed by atoms with Gasteiger partial charge in [0.1, 0.15) is 0 Å². The zero-order valence-electron chi connectivity index (χ0n) is 11.5. The Balaban J connectivity index is 2.58. The standard InChI is InChI=1S/C11H23N3O4S/c1-3-14(9-10-7-5-6-8-12-10)19(16,17)13-11(15)18-4-2/h10,12H,3-9H2,1-2H3,(H,13,15). The summed E-state index contributed by atoms with van der Waals surface area (Å²) in [6.45, 7) is 5.09. The number of likely N-dealkylation sites (N-methyl/N-ethyl adjacent to an activating group) is 1. The van der Waals surface area contributed by atoms with Crippen LogP contribution < -0.4 is 10.0 Å². The predicted molar refractivity (Wildman–Crippen MR) is 72.0 cm³/mol. The van der Waals surface area contributed by atoms with Crippen molar-refractivity contribution in [3.8, 4) is 0 Å². The molecule has 0 bridgehead atoms. The fraction of sp³-hybridized carbons (Fsp3) is 0.909. The van der Waals surface area contributed by atoms with Gasteiger partial charge in [-0.05, 0) is 26.3 Å². The summed E-state index contributed by atoms with van der Waals surface area (Å²) in [5, 5.41) is 3.28. The summed E-state index contributed by atoms with van der Waals surface area (Å²) in [7, 11) is -3.82. The monoisotopic (exact) mass is 293 g/mol. The van der Waals surface area contributed by atoms with Crippen molar-refractivity contribution in [3.63, 3.8) is 0 Å². The molecular weight excluding hydrogens is 270 g/mol. The Morgan fingerprint density at radius 2 is 2.16 bits per heavy atom. The van der Waals surface area contributed by atoms with Gasteiger partial charge in [-0.15, -0.1) is 0 Å². The van der Waals surface area contributed by atoms with E-state index in [-0.39, 0.29) is 12.6 Å². The van der Waals surface area contributed by atoms with Gasteiger partial charge in [-0.25, -0.2) is 9.52 Å². The maximum Gasteiger partial charge on any atom is 0.421 e. The lowest BCUT2D eigenvalue weighted by molar-refractivity contribution is 0.158. The number of nitrogens with one attached hydrogen (secondary N) is 2. The third kappa shape index (κ3) is 5.33. The molecule has 19 heavy (non-hydrogen) atoms. The van der Waals surface area contributed by atoms with Crippen LogP contribution in [0.25, 0.3) is 0 Å². The molecule has 1 unspecified atom stereocenters. The highest BCUT2D eigenvalue weighted by atomic mass is 32.2. The minimum Gasteiger partial charge on any atom is -0.449 e. The Labute approximate surface area is 114 Å². The average molecular weight is 293 g/mol. The van der Waals surface area contributed by atoms with Crippen molar-refractivity contribution in [2.75, 3.05) is 26.2 Å². The largest absolute Gasteiger partial charge is 0.449 e. The van der Waals surface area contributed by atoms with Gasteiger partial charge in [0, 0.05) is 19.1 Å². The molecule has 1 amide bonds. The fourth-order valence-electron chi connectivity index (χ4n) is 2.05. The van der Waals surface area contributed by atoms with Crippen molar-refractivity contribution in [2.24, 2.45) is 0 Å². The fourth-order valence-corrected chi connectivity index (χ4v) is 3.17. The minimum atomic E-state index is -3.82. The number of nitrogens with zero attached hydrogens (tertiary/aromatic N) is 1. The molecule has 1 heterocycles. The zero-order valence-corrected chi connectivity index (χ0v) is 12.3. The summed E-state index contributed by atoms with van der Waals surface area (Å²) < 4.78 is 31.8. The topological polar surface area (TPSA) is 87.7 Å². The summed E-state index contributed by atoms with van der Waals surface area (Å²) in [4.78, 5) is 11.2. The molecule has 0 radical (unpaired) electrons. The van der Waals surface area contributed by atoms with Crippen LogP contribution in [0.5, 0.6) is 0 Å². The molecule has 2 N–H and O–H groups in total. The van der Waals surface area contributed by atoms with Crippen LogP contribution in [0, 0.1) is 0 Å². The third-order valence-corrected chi connectivity index (χ3v) is 4.53. The number of carbonyl (C=O) groups is 1. The highest BCUT2D eigenvalue weighted by Gasteiger charge is 2.26. The second-order valence-corrected chi connectivity index (χ2v) is 6.10. The number of amides is 1. The van der Waals surface area contributed by atoms with Crippen LogP contribution >= 0.6 is 0 Å². The Morgan fingerprint density at radius 1 is 1.42 bits per heavy atom. The molecule has 1 atom stereocenters. The van der Waals surface area contributed by atoms with Gasteiger partial charge >= 0.3 is 16.3 Å². The third-order valence-electron chi connectivity index (χ3n) is 3.02. The first kappa shape index (κ1) is 16.2. The first-order valence-electron chi connectivity index (χ1n) is 6.67. The maximum absolute atomic E-state index is 12.0. The molecule has 1 saturated heterocycles. The second-order valence-electron chi connectivity index (χ2n) is 4.43. The Hall–Kier alpha value is -0.860. The van der Waals surface area contributed by atoms with Crippen molar-refractivity contribution in [1.29, 1.82) is 0 Å². The zero-order chi connectivity index (χ0) is 14.3. The summed E-state index contributed by atoms with van der Waals surface area (Å²) in [5.41, 5.74) is 0. The molecule has 0 aromatic rings. The van der Waals surface area contributed by atoms with E-state index in [1.165, 1.54) is 4.31 Å². The van der Waals surface area contributed by atoms with Gasteiger partial charge in [-0.2, -0.15) is 12.7 Å². The molecule has 1 aliphatic rings. The molecule has 7 nitrogen and oxygen atoms in total. The van der Waals surface area contributed by atoms with E-state index in [4.69, 9.17) is 0 Å². The maximum atomic E-state index is 12.0. The van der Waals surface area contributed by atoms with E-state index in [1.807, 2.05) is 4.72 Å². The SMILES string of the molecule is CCOC(=O)NS(=O)(=O)N(CC)CC1CCCCN1. The first-order chi connectivity index (χ1) is 8.99. The summed E-state index contributed by atoms with van der Waals surface area (Å²) >= 11 is 0. The van der Waals surface area contributed by atoms with Gasteiger partial charge in [0.2, 0.25) is 0 Å². The number of ether oxygens (including phenoxy) is 1. The number of rotatable bonds is 6. The van der Waals surface area contributed by atoms with E-state index in [1.54, 1.807) is 13.8 Å². The molecule has 1 fully saturated rings. The van der Waals surface area contributed by atoms with Gasteiger partial charge in [0.25, 0.3) is 0 Å². The van der Waals surface area contributed by atoms with E-state index in [9.17, 15) is 13.2 Å². The molecule has 0 aromatic carbocycles. The van der Waals surface area contributed by atoms with Gasteiger partial charge in [0.05, 0.1) is 6.61 Å². The summed E-state index contributed by atoms with van der Waals surface area (Å²) in [6, 6.07) is 0.146. The van der Waals surface area contributed by atoms with Crippen LogP contribution in [-0.4, -0.2) is 51.1 Å². The highest BCUT2D eigenvalue weighted by molar-refractivity contribution is 7.87. The first-order valence-corrected chi connectivity index (χ1v) is 8.11. The second kappa shape index (κ2) is 7.66. The number of hydrogen-bond donors (Lipinski definition) is 2. The van der Waals surface area contributed by atoms with E-state index < -0.39 is 16.3 Å². The van der Waals surface area contributed by atoms with Crippen molar-refractivity contribution in [2.45, 2.75) is 39.2 Å².